The normalized spacial score (nSPS) is 13.4. The maximum atomic E-state index is 12.4. The monoisotopic (exact) mass is 249 g/mol. The first kappa shape index (κ1) is 11.7. The molecule has 1 amide bonds. The summed E-state index contributed by atoms with van der Waals surface area (Å²) in [6.07, 6.45) is 3.97. The first-order valence-electron chi connectivity index (χ1n) is 6.49. The minimum atomic E-state index is -0.0293. The summed E-state index contributed by atoms with van der Waals surface area (Å²) in [5, 5.41) is 2.95. The van der Waals surface area contributed by atoms with E-state index in [-0.39, 0.29) is 5.91 Å². The Balaban J connectivity index is 1.87. The molecule has 0 saturated carbocycles. The van der Waals surface area contributed by atoms with Crippen molar-refractivity contribution in [1.29, 1.82) is 0 Å². The van der Waals surface area contributed by atoms with Crippen LogP contribution in [0.5, 0.6) is 0 Å². The van der Waals surface area contributed by atoms with Gasteiger partial charge >= 0.3 is 0 Å². The number of amides is 1. The van der Waals surface area contributed by atoms with E-state index in [0.717, 1.165) is 29.7 Å². The number of hydrogen-bond donors (Lipinski definition) is 1. The number of anilines is 1. The third kappa shape index (κ3) is 2.43. The number of fused-ring (bicyclic) bond motifs is 1. The summed E-state index contributed by atoms with van der Waals surface area (Å²) in [5.41, 5.74) is 3.92. The fraction of sp³-hybridized carbons (Fsp3) is 0.118. The molecule has 0 unspecified atom stereocenters. The zero-order chi connectivity index (χ0) is 13.1. The van der Waals surface area contributed by atoms with Crippen LogP contribution in [0.4, 0.5) is 5.69 Å². The fourth-order valence-electron chi connectivity index (χ4n) is 2.42. The Morgan fingerprint density at radius 2 is 1.68 bits per heavy atom. The second kappa shape index (κ2) is 5.11. The van der Waals surface area contributed by atoms with Crippen LogP contribution in [0.1, 0.15) is 17.5 Å². The number of carbonyl (C=O) groups excluding carboxylic acids is 1. The molecule has 0 heterocycles. The number of para-hydroxylation sites is 1. The minimum Gasteiger partial charge on any atom is -0.322 e. The Bertz CT molecular complexity index is 629. The number of nitrogens with one attached hydrogen (secondary N) is 1. The van der Waals surface area contributed by atoms with Gasteiger partial charge in [0.25, 0.3) is 5.91 Å². The average molecular weight is 249 g/mol. The van der Waals surface area contributed by atoms with Crippen LogP contribution in [0.2, 0.25) is 0 Å². The molecule has 0 radical (unpaired) electrons. The van der Waals surface area contributed by atoms with E-state index >= 15 is 0 Å². The summed E-state index contributed by atoms with van der Waals surface area (Å²) in [4.78, 5) is 12.4. The number of benzene rings is 2. The highest BCUT2D eigenvalue weighted by atomic mass is 16.1. The molecule has 94 valence electrons. The molecule has 2 aromatic rings. The van der Waals surface area contributed by atoms with Gasteiger partial charge in [-0.15, -0.1) is 0 Å². The van der Waals surface area contributed by atoms with Crippen LogP contribution in [0.25, 0.3) is 5.57 Å². The number of allylic oxidation sites excluding steroid dienone is 1. The highest BCUT2D eigenvalue weighted by Crippen LogP contribution is 2.27. The highest BCUT2D eigenvalue weighted by molar-refractivity contribution is 6.25. The Morgan fingerprint density at radius 3 is 2.53 bits per heavy atom. The van der Waals surface area contributed by atoms with Gasteiger partial charge < -0.3 is 5.32 Å². The number of carbonyl (C=O) groups is 1. The van der Waals surface area contributed by atoms with Crippen LogP contribution in [-0.4, -0.2) is 5.91 Å². The molecule has 3 rings (SSSR count). The van der Waals surface area contributed by atoms with Gasteiger partial charge in [-0.05, 0) is 36.1 Å². The van der Waals surface area contributed by atoms with Gasteiger partial charge in [-0.3, -0.25) is 4.79 Å². The van der Waals surface area contributed by atoms with E-state index in [4.69, 9.17) is 0 Å². The molecule has 0 aromatic heterocycles. The molecule has 1 N–H and O–H groups in total. The lowest BCUT2D eigenvalue weighted by Crippen LogP contribution is -2.16. The average Bonchev–Trinajstić information content (AvgIpc) is 2.47. The first-order chi connectivity index (χ1) is 9.34. The summed E-state index contributed by atoms with van der Waals surface area (Å²) in [6.45, 7) is 0. The zero-order valence-electron chi connectivity index (χ0n) is 10.6. The molecular formula is C17H15NO. The number of aryl methyl sites for hydroxylation is 1. The van der Waals surface area contributed by atoms with Crippen molar-refractivity contribution in [2.24, 2.45) is 0 Å². The molecule has 0 spiro atoms. The summed E-state index contributed by atoms with van der Waals surface area (Å²) >= 11 is 0. The van der Waals surface area contributed by atoms with Crippen LogP contribution in [0, 0.1) is 0 Å². The van der Waals surface area contributed by atoms with E-state index in [1.807, 2.05) is 54.6 Å². The third-order valence-corrected chi connectivity index (χ3v) is 3.35. The predicted molar refractivity (Wildman–Crippen MR) is 77.8 cm³/mol. The Morgan fingerprint density at radius 1 is 0.947 bits per heavy atom. The number of rotatable bonds is 2. The van der Waals surface area contributed by atoms with Crippen molar-refractivity contribution in [3.63, 3.8) is 0 Å². The van der Waals surface area contributed by atoms with Gasteiger partial charge in [-0.1, -0.05) is 48.5 Å². The summed E-state index contributed by atoms with van der Waals surface area (Å²) in [5.74, 6) is -0.0293. The van der Waals surface area contributed by atoms with Gasteiger partial charge in [0, 0.05) is 11.3 Å². The minimum absolute atomic E-state index is 0.0293. The van der Waals surface area contributed by atoms with Crippen molar-refractivity contribution in [1.82, 2.24) is 0 Å². The molecule has 0 atom stereocenters. The molecule has 0 fully saturated rings. The molecule has 0 aliphatic heterocycles. The lowest BCUT2D eigenvalue weighted by molar-refractivity contribution is -0.111. The summed E-state index contributed by atoms with van der Waals surface area (Å²) in [6, 6.07) is 17.7. The molecule has 0 saturated heterocycles. The quantitative estimate of drug-likeness (QED) is 0.864. The van der Waals surface area contributed by atoms with Crippen molar-refractivity contribution in [2.75, 3.05) is 5.32 Å². The molecular weight excluding hydrogens is 234 g/mol. The van der Waals surface area contributed by atoms with Crippen molar-refractivity contribution in [2.45, 2.75) is 12.8 Å². The van der Waals surface area contributed by atoms with Crippen LogP contribution in [-0.2, 0) is 11.2 Å². The Hall–Kier alpha value is -2.35. The smallest absolute Gasteiger partial charge is 0.255 e. The third-order valence-electron chi connectivity index (χ3n) is 3.35. The Kier molecular flexibility index (Phi) is 3.15. The molecule has 2 aromatic carbocycles. The molecule has 1 aliphatic rings. The van der Waals surface area contributed by atoms with Crippen LogP contribution in [0.3, 0.4) is 0 Å². The van der Waals surface area contributed by atoms with Gasteiger partial charge in [-0.2, -0.15) is 0 Å². The Labute approximate surface area is 112 Å². The topological polar surface area (TPSA) is 29.1 Å². The van der Waals surface area contributed by atoms with Crippen LogP contribution < -0.4 is 5.32 Å². The first-order valence-corrected chi connectivity index (χ1v) is 6.49. The maximum Gasteiger partial charge on any atom is 0.255 e. The van der Waals surface area contributed by atoms with E-state index in [0.29, 0.717) is 0 Å². The standard InChI is InChI=1S/C17H15NO/c19-17(18-14-9-2-1-3-10-14)16-12-6-8-13-7-4-5-11-15(13)16/h1-5,7,9-12H,6,8H2,(H,18,19). The molecule has 0 bridgehead atoms. The van der Waals surface area contributed by atoms with Crippen molar-refractivity contribution < 1.29 is 4.79 Å². The predicted octanol–water partition coefficient (Wildman–Crippen LogP) is 3.65. The summed E-state index contributed by atoms with van der Waals surface area (Å²) in [7, 11) is 0. The molecule has 2 heteroatoms. The lowest BCUT2D eigenvalue weighted by atomic mass is 9.90. The van der Waals surface area contributed by atoms with Gasteiger partial charge in [-0.25, -0.2) is 0 Å². The van der Waals surface area contributed by atoms with Crippen LogP contribution in [0.15, 0.2) is 60.7 Å². The second-order valence-electron chi connectivity index (χ2n) is 4.63. The van der Waals surface area contributed by atoms with Gasteiger partial charge in [0.15, 0.2) is 0 Å². The second-order valence-corrected chi connectivity index (χ2v) is 4.63. The van der Waals surface area contributed by atoms with Crippen molar-refractivity contribution >= 4 is 17.2 Å². The SMILES string of the molecule is O=C(Nc1ccccc1)C1=CCCc2ccccc21. The van der Waals surface area contributed by atoms with E-state index in [1.54, 1.807) is 0 Å². The fourth-order valence-corrected chi connectivity index (χ4v) is 2.42. The van der Waals surface area contributed by atoms with E-state index in [2.05, 4.69) is 11.4 Å². The largest absolute Gasteiger partial charge is 0.322 e. The van der Waals surface area contributed by atoms with Crippen molar-refractivity contribution in [3.8, 4) is 0 Å². The van der Waals surface area contributed by atoms with Crippen molar-refractivity contribution in [3.05, 3.63) is 71.8 Å². The summed E-state index contributed by atoms with van der Waals surface area (Å²) < 4.78 is 0. The molecule has 19 heavy (non-hydrogen) atoms. The highest BCUT2D eigenvalue weighted by Gasteiger charge is 2.18. The zero-order valence-corrected chi connectivity index (χ0v) is 10.6. The molecule has 1 aliphatic carbocycles. The number of hydrogen-bond acceptors (Lipinski definition) is 1. The molecule has 2 nitrogen and oxygen atoms in total. The van der Waals surface area contributed by atoms with Gasteiger partial charge in [0.2, 0.25) is 0 Å². The van der Waals surface area contributed by atoms with E-state index < -0.39 is 0 Å². The lowest BCUT2D eigenvalue weighted by Gasteiger charge is -2.17. The van der Waals surface area contributed by atoms with E-state index in [1.165, 1.54) is 5.56 Å². The maximum absolute atomic E-state index is 12.4. The van der Waals surface area contributed by atoms with Gasteiger partial charge in [0.1, 0.15) is 0 Å². The van der Waals surface area contributed by atoms with Gasteiger partial charge in [0.05, 0.1) is 0 Å². The van der Waals surface area contributed by atoms with E-state index in [9.17, 15) is 4.79 Å². The van der Waals surface area contributed by atoms with Crippen LogP contribution >= 0.6 is 0 Å².